The zero-order chi connectivity index (χ0) is 13.1. The van der Waals surface area contributed by atoms with Crippen LogP contribution in [0.15, 0.2) is 22.7 Å². The van der Waals surface area contributed by atoms with Gasteiger partial charge in [-0.05, 0) is 34.1 Å². The average molecular weight is 322 g/mol. The summed E-state index contributed by atoms with van der Waals surface area (Å²) in [6, 6.07) is 4.64. The zero-order valence-corrected chi connectivity index (χ0v) is 11.5. The number of carbonyl (C=O) groups is 1. The Hall–Kier alpha value is -1.08. The molecule has 0 heterocycles. The lowest BCUT2D eigenvalue weighted by atomic mass is 10.2. The van der Waals surface area contributed by atoms with Gasteiger partial charge in [-0.2, -0.15) is 0 Å². The number of nitrogen functional groups attached to an aromatic ring is 1. The van der Waals surface area contributed by atoms with Gasteiger partial charge in [0.2, 0.25) is 0 Å². The topological polar surface area (TPSA) is 86.5 Å². The van der Waals surface area contributed by atoms with Crippen LogP contribution in [-0.2, 0) is 14.6 Å². The molecule has 0 radical (unpaired) electrons. The van der Waals surface area contributed by atoms with E-state index in [4.69, 9.17) is 10.5 Å². The predicted molar refractivity (Wildman–Crippen MR) is 68.5 cm³/mol. The first-order chi connectivity index (χ1) is 7.79. The van der Waals surface area contributed by atoms with E-state index >= 15 is 0 Å². The van der Waals surface area contributed by atoms with Gasteiger partial charge in [-0.15, -0.1) is 0 Å². The number of halogens is 1. The molecule has 0 aromatic heterocycles. The van der Waals surface area contributed by atoms with Crippen molar-refractivity contribution in [2.24, 2.45) is 0 Å². The largest absolute Gasteiger partial charge is 0.461 e. The minimum atomic E-state index is -3.13. The van der Waals surface area contributed by atoms with Gasteiger partial charge >= 0.3 is 5.97 Å². The van der Waals surface area contributed by atoms with Crippen molar-refractivity contribution in [3.63, 3.8) is 0 Å². The summed E-state index contributed by atoms with van der Waals surface area (Å²) in [5, 5.41) is 0. The summed E-state index contributed by atoms with van der Waals surface area (Å²) in [6.07, 6.45) is 1.08. The molecule has 0 fully saturated rings. The highest BCUT2D eigenvalue weighted by Crippen LogP contribution is 2.20. The molecule has 0 aliphatic rings. The van der Waals surface area contributed by atoms with Crippen LogP contribution in [0.3, 0.4) is 0 Å². The fraction of sp³-hybridized carbons (Fsp3) is 0.300. The SMILES string of the molecule is CS(=O)(=O)CCOC(=O)c1ccc(Br)c(N)c1. The number of benzene rings is 1. The third kappa shape index (κ3) is 4.74. The van der Waals surface area contributed by atoms with E-state index in [1.54, 1.807) is 12.1 Å². The summed E-state index contributed by atoms with van der Waals surface area (Å²) >= 11 is 3.20. The maximum Gasteiger partial charge on any atom is 0.338 e. The van der Waals surface area contributed by atoms with Crippen molar-refractivity contribution in [1.82, 2.24) is 0 Å². The molecule has 0 atom stereocenters. The Bertz CT molecular complexity index is 527. The van der Waals surface area contributed by atoms with E-state index < -0.39 is 15.8 Å². The first kappa shape index (κ1) is 14.0. The quantitative estimate of drug-likeness (QED) is 0.665. The average Bonchev–Trinajstić information content (AvgIpc) is 2.20. The number of anilines is 1. The summed E-state index contributed by atoms with van der Waals surface area (Å²) in [5.41, 5.74) is 6.32. The number of hydrogen-bond donors (Lipinski definition) is 1. The molecule has 0 aliphatic heterocycles. The zero-order valence-electron chi connectivity index (χ0n) is 9.14. The highest BCUT2D eigenvalue weighted by atomic mass is 79.9. The third-order valence-electron chi connectivity index (χ3n) is 1.92. The van der Waals surface area contributed by atoms with E-state index in [0.29, 0.717) is 15.7 Å². The number of esters is 1. The van der Waals surface area contributed by atoms with Gasteiger partial charge in [-0.25, -0.2) is 13.2 Å². The van der Waals surface area contributed by atoms with Gasteiger partial charge in [0, 0.05) is 16.4 Å². The van der Waals surface area contributed by atoms with Gasteiger partial charge in [0.05, 0.1) is 11.3 Å². The first-order valence-electron chi connectivity index (χ1n) is 4.69. The van der Waals surface area contributed by atoms with Gasteiger partial charge in [0.1, 0.15) is 6.61 Å². The molecule has 5 nitrogen and oxygen atoms in total. The maximum absolute atomic E-state index is 11.5. The standard InChI is InChI=1S/C10H12BrNO4S/c1-17(14,15)5-4-16-10(13)7-2-3-8(11)9(12)6-7/h2-3,6H,4-5,12H2,1H3. The summed E-state index contributed by atoms with van der Waals surface area (Å²) in [5.74, 6) is -0.780. The van der Waals surface area contributed by atoms with Crippen LogP contribution in [0, 0.1) is 0 Å². The van der Waals surface area contributed by atoms with E-state index in [-0.39, 0.29) is 12.4 Å². The number of ether oxygens (including phenoxy) is 1. The molecule has 0 spiro atoms. The van der Waals surface area contributed by atoms with Crippen LogP contribution < -0.4 is 5.73 Å². The molecule has 0 amide bonds. The van der Waals surface area contributed by atoms with Crippen molar-refractivity contribution >= 4 is 37.4 Å². The second kappa shape index (κ2) is 5.50. The Balaban J connectivity index is 2.61. The molecule has 7 heteroatoms. The number of nitrogens with two attached hydrogens (primary N) is 1. The summed E-state index contributed by atoms with van der Waals surface area (Å²) in [6.45, 7) is -0.159. The smallest absolute Gasteiger partial charge is 0.338 e. The molecule has 94 valence electrons. The number of hydrogen-bond acceptors (Lipinski definition) is 5. The summed E-state index contributed by atoms with van der Waals surface area (Å²) in [4.78, 5) is 11.5. The van der Waals surface area contributed by atoms with E-state index in [9.17, 15) is 13.2 Å². The lowest BCUT2D eigenvalue weighted by Crippen LogP contribution is -2.14. The molecule has 2 N–H and O–H groups in total. The van der Waals surface area contributed by atoms with Crippen LogP contribution in [0.4, 0.5) is 5.69 Å². The van der Waals surface area contributed by atoms with Crippen LogP contribution in [0.1, 0.15) is 10.4 Å². The Morgan fingerprint density at radius 1 is 1.47 bits per heavy atom. The Morgan fingerprint density at radius 2 is 2.12 bits per heavy atom. The minimum absolute atomic E-state index is 0.159. The molecule has 0 unspecified atom stereocenters. The van der Waals surface area contributed by atoms with Gasteiger partial charge in [-0.3, -0.25) is 0 Å². The fourth-order valence-electron chi connectivity index (χ4n) is 1.04. The highest BCUT2D eigenvalue weighted by Gasteiger charge is 2.10. The molecule has 17 heavy (non-hydrogen) atoms. The maximum atomic E-state index is 11.5. The lowest BCUT2D eigenvalue weighted by Gasteiger charge is -2.05. The Morgan fingerprint density at radius 3 is 2.65 bits per heavy atom. The van der Waals surface area contributed by atoms with Crippen LogP contribution >= 0.6 is 15.9 Å². The molecule has 1 aromatic rings. The van der Waals surface area contributed by atoms with E-state index in [0.717, 1.165) is 6.26 Å². The van der Waals surface area contributed by atoms with Crippen molar-refractivity contribution in [2.45, 2.75) is 0 Å². The first-order valence-corrected chi connectivity index (χ1v) is 7.55. The van der Waals surface area contributed by atoms with Crippen molar-refractivity contribution in [3.05, 3.63) is 28.2 Å². The summed E-state index contributed by atoms with van der Waals surface area (Å²) in [7, 11) is -3.13. The highest BCUT2D eigenvalue weighted by molar-refractivity contribution is 9.10. The molecular weight excluding hydrogens is 310 g/mol. The Labute approximate surface area is 108 Å². The number of carbonyl (C=O) groups excluding carboxylic acids is 1. The molecule has 1 rings (SSSR count). The van der Waals surface area contributed by atoms with Crippen LogP contribution in [-0.4, -0.2) is 33.0 Å². The van der Waals surface area contributed by atoms with E-state index in [1.807, 2.05) is 0 Å². The normalized spacial score (nSPS) is 11.2. The molecular formula is C10H12BrNO4S. The molecule has 1 aromatic carbocycles. The molecule has 0 aliphatic carbocycles. The van der Waals surface area contributed by atoms with Crippen molar-refractivity contribution < 1.29 is 17.9 Å². The van der Waals surface area contributed by atoms with Crippen LogP contribution in [0.2, 0.25) is 0 Å². The predicted octanol–water partition coefficient (Wildman–Crippen LogP) is 1.23. The van der Waals surface area contributed by atoms with Crippen molar-refractivity contribution in [1.29, 1.82) is 0 Å². The van der Waals surface area contributed by atoms with Gasteiger partial charge < -0.3 is 10.5 Å². The minimum Gasteiger partial charge on any atom is -0.461 e. The molecule has 0 saturated heterocycles. The number of sulfone groups is 1. The molecule has 0 saturated carbocycles. The fourth-order valence-corrected chi connectivity index (χ4v) is 1.67. The monoisotopic (exact) mass is 321 g/mol. The lowest BCUT2D eigenvalue weighted by molar-refractivity contribution is 0.0529. The summed E-state index contributed by atoms with van der Waals surface area (Å²) < 4.78 is 27.2. The molecule has 0 bridgehead atoms. The second-order valence-electron chi connectivity index (χ2n) is 3.50. The second-order valence-corrected chi connectivity index (χ2v) is 6.62. The van der Waals surface area contributed by atoms with Gasteiger partial charge in [0.15, 0.2) is 9.84 Å². The Kier molecular flexibility index (Phi) is 4.53. The van der Waals surface area contributed by atoms with Gasteiger partial charge in [-0.1, -0.05) is 0 Å². The van der Waals surface area contributed by atoms with Crippen molar-refractivity contribution in [2.75, 3.05) is 24.3 Å². The van der Waals surface area contributed by atoms with Crippen LogP contribution in [0.5, 0.6) is 0 Å². The number of rotatable bonds is 4. The van der Waals surface area contributed by atoms with Crippen molar-refractivity contribution in [3.8, 4) is 0 Å². The van der Waals surface area contributed by atoms with Crippen LogP contribution in [0.25, 0.3) is 0 Å². The van der Waals surface area contributed by atoms with Gasteiger partial charge in [0.25, 0.3) is 0 Å². The third-order valence-corrected chi connectivity index (χ3v) is 3.55. The van der Waals surface area contributed by atoms with E-state index in [1.165, 1.54) is 6.07 Å². The van der Waals surface area contributed by atoms with E-state index in [2.05, 4.69) is 15.9 Å².